The second kappa shape index (κ2) is 6.91. The van der Waals surface area contributed by atoms with Gasteiger partial charge in [0.1, 0.15) is 5.82 Å². The molecule has 1 aromatic heterocycles. The van der Waals surface area contributed by atoms with Gasteiger partial charge in [-0.25, -0.2) is 4.98 Å². The number of aromatic amines is 1. The van der Waals surface area contributed by atoms with Crippen LogP contribution < -0.4 is 10.9 Å². The predicted octanol–water partition coefficient (Wildman–Crippen LogP) is 1.41. The maximum Gasteiger partial charge on any atom is 0.258 e. The highest BCUT2D eigenvalue weighted by Crippen LogP contribution is 2.12. The van der Waals surface area contributed by atoms with Crippen LogP contribution in [0.2, 0.25) is 0 Å². The molecular formula is C17H22N4O2. The largest absolute Gasteiger partial charge is 0.335 e. The van der Waals surface area contributed by atoms with Crippen LogP contribution >= 0.6 is 0 Å². The first-order chi connectivity index (χ1) is 11.2. The van der Waals surface area contributed by atoms with Crippen LogP contribution in [0, 0.1) is 0 Å². The molecular weight excluding hydrogens is 292 g/mol. The van der Waals surface area contributed by atoms with Crippen molar-refractivity contribution >= 4 is 16.8 Å². The molecule has 122 valence electrons. The zero-order valence-corrected chi connectivity index (χ0v) is 13.3. The molecule has 2 N–H and O–H groups in total. The SMILES string of the molecule is CCN(Cc1nc2ccccc2c(=O)[nH]1)C(=O)CC1CCCN1. The predicted molar refractivity (Wildman–Crippen MR) is 89.1 cm³/mol. The molecule has 0 aliphatic carbocycles. The zero-order valence-electron chi connectivity index (χ0n) is 13.3. The number of rotatable bonds is 5. The van der Waals surface area contributed by atoms with E-state index in [1.165, 1.54) is 0 Å². The first-order valence-corrected chi connectivity index (χ1v) is 8.16. The average Bonchev–Trinajstić information content (AvgIpc) is 3.05. The minimum Gasteiger partial charge on any atom is -0.335 e. The highest BCUT2D eigenvalue weighted by atomic mass is 16.2. The Morgan fingerprint density at radius 2 is 2.22 bits per heavy atom. The fraction of sp³-hybridized carbons (Fsp3) is 0.471. The molecule has 1 aliphatic rings. The van der Waals surface area contributed by atoms with Crippen LogP contribution in [0.25, 0.3) is 10.9 Å². The Hall–Kier alpha value is -2.21. The van der Waals surface area contributed by atoms with Gasteiger partial charge in [-0.2, -0.15) is 0 Å². The third kappa shape index (κ3) is 3.59. The van der Waals surface area contributed by atoms with E-state index in [1.54, 1.807) is 11.0 Å². The molecule has 1 amide bonds. The summed E-state index contributed by atoms with van der Waals surface area (Å²) in [6, 6.07) is 7.51. The average molecular weight is 314 g/mol. The lowest BCUT2D eigenvalue weighted by Crippen LogP contribution is -2.36. The number of nitrogens with zero attached hydrogens (tertiary/aromatic N) is 2. The van der Waals surface area contributed by atoms with Crippen molar-refractivity contribution in [2.45, 2.75) is 38.8 Å². The van der Waals surface area contributed by atoms with Crippen molar-refractivity contribution in [3.8, 4) is 0 Å². The molecule has 6 nitrogen and oxygen atoms in total. The fourth-order valence-electron chi connectivity index (χ4n) is 3.04. The molecule has 6 heteroatoms. The summed E-state index contributed by atoms with van der Waals surface area (Å²) in [6.45, 7) is 3.87. The Morgan fingerprint density at radius 3 is 2.96 bits per heavy atom. The second-order valence-corrected chi connectivity index (χ2v) is 5.94. The first-order valence-electron chi connectivity index (χ1n) is 8.16. The van der Waals surface area contributed by atoms with Crippen LogP contribution in [0.1, 0.15) is 32.0 Å². The molecule has 1 aromatic carbocycles. The number of benzene rings is 1. The Labute approximate surface area is 134 Å². The van der Waals surface area contributed by atoms with Crippen LogP contribution in [-0.2, 0) is 11.3 Å². The number of hydrogen-bond acceptors (Lipinski definition) is 4. The summed E-state index contributed by atoms with van der Waals surface area (Å²) in [4.78, 5) is 33.6. The van der Waals surface area contributed by atoms with Crippen molar-refractivity contribution in [2.24, 2.45) is 0 Å². The standard InChI is InChI=1S/C17H22N4O2/c1-2-21(16(22)10-12-6-5-9-18-12)11-15-19-14-8-4-3-7-13(14)17(23)20-15/h3-4,7-8,12,18H,2,5-6,9-11H2,1H3,(H,19,20,23). The number of carbonyl (C=O) groups excluding carboxylic acids is 1. The molecule has 1 fully saturated rings. The minimum absolute atomic E-state index is 0.0997. The number of H-pyrrole nitrogens is 1. The molecule has 0 saturated carbocycles. The minimum atomic E-state index is -0.161. The Balaban J connectivity index is 1.75. The zero-order chi connectivity index (χ0) is 16.2. The number of amides is 1. The quantitative estimate of drug-likeness (QED) is 0.875. The van der Waals surface area contributed by atoms with E-state index in [9.17, 15) is 9.59 Å². The van der Waals surface area contributed by atoms with Crippen molar-refractivity contribution in [3.63, 3.8) is 0 Å². The summed E-state index contributed by atoms with van der Waals surface area (Å²) in [5, 5.41) is 3.91. The third-order valence-electron chi connectivity index (χ3n) is 4.32. The van der Waals surface area contributed by atoms with Gasteiger partial charge in [0.2, 0.25) is 5.91 Å². The van der Waals surface area contributed by atoms with Crippen LogP contribution in [0.3, 0.4) is 0 Å². The number of fused-ring (bicyclic) bond motifs is 1. The molecule has 0 bridgehead atoms. The van der Waals surface area contributed by atoms with Gasteiger partial charge in [0.15, 0.2) is 0 Å². The van der Waals surface area contributed by atoms with Gasteiger partial charge in [0, 0.05) is 19.0 Å². The molecule has 3 rings (SSSR count). The smallest absolute Gasteiger partial charge is 0.258 e. The highest BCUT2D eigenvalue weighted by molar-refractivity contribution is 5.78. The maximum atomic E-state index is 12.4. The lowest BCUT2D eigenvalue weighted by Gasteiger charge is -2.22. The molecule has 1 unspecified atom stereocenters. The Bertz CT molecular complexity index is 750. The molecule has 0 spiro atoms. The maximum absolute atomic E-state index is 12.4. The monoisotopic (exact) mass is 314 g/mol. The molecule has 2 aromatic rings. The van der Waals surface area contributed by atoms with E-state index in [-0.39, 0.29) is 17.5 Å². The lowest BCUT2D eigenvalue weighted by atomic mass is 10.1. The molecule has 1 atom stereocenters. The van der Waals surface area contributed by atoms with E-state index >= 15 is 0 Å². The van der Waals surface area contributed by atoms with Crippen molar-refractivity contribution in [1.82, 2.24) is 20.2 Å². The first kappa shape index (κ1) is 15.7. The van der Waals surface area contributed by atoms with Gasteiger partial charge in [0.25, 0.3) is 5.56 Å². The molecule has 1 saturated heterocycles. The number of carbonyl (C=O) groups is 1. The van der Waals surface area contributed by atoms with Crippen LogP contribution in [0.4, 0.5) is 0 Å². The van der Waals surface area contributed by atoms with E-state index in [4.69, 9.17) is 0 Å². The van der Waals surface area contributed by atoms with Crippen LogP contribution in [0.15, 0.2) is 29.1 Å². The van der Waals surface area contributed by atoms with Gasteiger partial charge < -0.3 is 15.2 Å². The van der Waals surface area contributed by atoms with Crippen molar-refractivity contribution in [3.05, 3.63) is 40.4 Å². The summed E-state index contributed by atoms with van der Waals surface area (Å²) < 4.78 is 0. The van der Waals surface area contributed by atoms with E-state index < -0.39 is 0 Å². The van der Waals surface area contributed by atoms with E-state index in [2.05, 4.69) is 15.3 Å². The topological polar surface area (TPSA) is 78.1 Å². The molecule has 23 heavy (non-hydrogen) atoms. The van der Waals surface area contributed by atoms with Crippen molar-refractivity contribution in [1.29, 1.82) is 0 Å². The normalized spacial score (nSPS) is 17.5. The Morgan fingerprint density at radius 1 is 1.39 bits per heavy atom. The summed E-state index contributed by atoms with van der Waals surface area (Å²) >= 11 is 0. The number of para-hydroxylation sites is 1. The summed E-state index contributed by atoms with van der Waals surface area (Å²) in [7, 11) is 0. The van der Waals surface area contributed by atoms with Gasteiger partial charge in [-0.3, -0.25) is 9.59 Å². The van der Waals surface area contributed by atoms with Gasteiger partial charge >= 0.3 is 0 Å². The van der Waals surface area contributed by atoms with Crippen LogP contribution in [-0.4, -0.2) is 39.9 Å². The molecule has 2 heterocycles. The summed E-state index contributed by atoms with van der Waals surface area (Å²) in [6.07, 6.45) is 2.68. The second-order valence-electron chi connectivity index (χ2n) is 5.94. The van der Waals surface area contributed by atoms with Gasteiger partial charge in [-0.15, -0.1) is 0 Å². The van der Waals surface area contributed by atoms with Gasteiger partial charge in [-0.05, 0) is 38.4 Å². The summed E-state index contributed by atoms with van der Waals surface area (Å²) in [5.41, 5.74) is 0.499. The highest BCUT2D eigenvalue weighted by Gasteiger charge is 2.21. The van der Waals surface area contributed by atoms with E-state index in [0.717, 1.165) is 19.4 Å². The summed E-state index contributed by atoms with van der Waals surface area (Å²) in [5.74, 6) is 0.631. The number of hydrogen-bond donors (Lipinski definition) is 2. The lowest BCUT2D eigenvalue weighted by molar-refractivity contribution is -0.132. The number of nitrogens with one attached hydrogen (secondary N) is 2. The van der Waals surface area contributed by atoms with Crippen LogP contribution in [0.5, 0.6) is 0 Å². The van der Waals surface area contributed by atoms with E-state index in [1.807, 2.05) is 25.1 Å². The van der Waals surface area contributed by atoms with Gasteiger partial charge in [0.05, 0.1) is 17.4 Å². The van der Waals surface area contributed by atoms with Gasteiger partial charge in [-0.1, -0.05) is 12.1 Å². The van der Waals surface area contributed by atoms with Crippen molar-refractivity contribution < 1.29 is 4.79 Å². The Kier molecular flexibility index (Phi) is 4.71. The molecule has 0 radical (unpaired) electrons. The van der Waals surface area contributed by atoms with Crippen molar-refractivity contribution in [2.75, 3.05) is 13.1 Å². The van der Waals surface area contributed by atoms with E-state index in [0.29, 0.717) is 36.2 Å². The molecule has 1 aliphatic heterocycles. The number of aromatic nitrogens is 2. The fourth-order valence-corrected chi connectivity index (χ4v) is 3.04. The third-order valence-corrected chi connectivity index (χ3v) is 4.32.